The number of nitrogens with one attached hydrogen (secondary N) is 3. The lowest BCUT2D eigenvalue weighted by Gasteiger charge is -2.43. The van der Waals surface area contributed by atoms with Gasteiger partial charge in [0.25, 0.3) is 0 Å². The number of carbonyl (C=O) groups is 2. The van der Waals surface area contributed by atoms with Gasteiger partial charge >= 0.3 is 12.1 Å². The third-order valence-corrected chi connectivity index (χ3v) is 8.54. The van der Waals surface area contributed by atoms with Gasteiger partial charge in [-0.2, -0.15) is 0 Å². The number of ether oxygens (including phenoxy) is 1. The lowest BCUT2D eigenvalue weighted by atomic mass is 9.74. The van der Waals surface area contributed by atoms with Gasteiger partial charge in [0, 0.05) is 43.7 Å². The molecule has 3 rings (SSSR count). The summed E-state index contributed by atoms with van der Waals surface area (Å²) >= 11 is 5.88. The van der Waals surface area contributed by atoms with Gasteiger partial charge in [0.05, 0.1) is 12.7 Å². The number of rotatable bonds is 11. The number of urea groups is 1. The van der Waals surface area contributed by atoms with E-state index in [0.717, 1.165) is 12.5 Å². The van der Waals surface area contributed by atoms with E-state index >= 15 is 4.39 Å². The van der Waals surface area contributed by atoms with Crippen molar-refractivity contribution < 1.29 is 28.2 Å². The molecule has 8 nitrogen and oxygen atoms in total. The third kappa shape index (κ3) is 8.41. The van der Waals surface area contributed by atoms with Crippen LogP contribution in [0.5, 0.6) is 0 Å². The first-order valence-corrected chi connectivity index (χ1v) is 14.5. The van der Waals surface area contributed by atoms with Crippen LogP contribution in [-0.4, -0.2) is 68.5 Å². The van der Waals surface area contributed by atoms with Crippen molar-refractivity contribution >= 4 is 23.7 Å². The highest BCUT2D eigenvalue weighted by Gasteiger charge is 2.43. The van der Waals surface area contributed by atoms with Crippen LogP contribution in [0.15, 0.2) is 12.1 Å². The van der Waals surface area contributed by atoms with Crippen molar-refractivity contribution in [3.63, 3.8) is 0 Å². The van der Waals surface area contributed by atoms with E-state index < -0.39 is 34.3 Å². The summed E-state index contributed by atoms with van der Waals surface area (Å²) < 4.78 is 33.8. The highest BCUT2D eigenvalue weighted by atomic mass is 35.5. The molecule has 0 spiro atoms. The maximum absolute atomic E-state index is 15.2. The van der Waals surface area contributed by atoms with E-state index in [4.69, 9.17) is 11.6 Å². The molecule has 0 aromatic heterocycles. The van der Waals surface area contributed by atoms with Crippen molar-refractivity contribution in [3.8, 4) is 0 Å². The summed E-state index contributed by atoms with van der Waals surface area (Å²) in [7, 11) is 3.12. The van der Waals surface area contributed by atoms with Crippen molar-refractivity contribution in [1.29, 1.82) is 0 Å². The molecule has 11 heteroatoms. The van der Waals surface area contributed by atoms with Crippen molar-refractivity contribution in [1.82, 2.24) is 20.9 Å². The van der Waals surface area contributed by atoms with Gasteiger partial charge in [-0.3, -0.25) is 0 Å². The van der Waals surface area contributed by atoms with Gasteiger partial charge in [-0.1, -0.05) is 49.8 Å². The van der Waals surface area contributed by atoms with Crippen molar-refractivity contribution in [2.45, 2.75) is 75.9 Å². The number of halogens is 3. The number of hydrogen-bond acceptors (Lipinski definition) is 5. The maximum Gasteiger partial charge on any atom is 0.406 e. The highest BCUT2D eigenvalue weighted by molar-refractivity contribution is 6.31. The van der Waals surface area contributed by atoms with Crippen LogP contribution in [0.25, 0.3) is 0 Å². The van der Waals surface area contributed by atoms with Gasteiger partial charge in [-0.25, -0.2) is 18.4 Å². The summed E-state index contributed by atoms with van der Waals surface area (Å²) in [5.74, 6) is -1.84. The Labute approximate surface area is 235 Å². The summed E-state index contributed by atoms with van der Waals surface area (Å²) in [6.45, 7) is 1.58. The molecule has 1 aliphatic heterocycles. The fourth-order valence-electron chi connectivity index (χ4n) is 6.12. The zero-order valence-corrected chi connectivity index (χ0v) is 23.8. The third-order valence-electron chi connectivity index (χ3n) is 8.20. The molecule has 0 unspecified atom stereocenters. The van der Waals surface area contributed by atoms with Crippen LogP contribution in [0.1, 0.15) is 69.8 Å². The number of hydrogen-bond donors (Lipinski definition) is 4. The largest absolute Gasteiger partial charge is 0.453 e. The highest BCUT2D eigenvalue weighted by Crippen LogP contribution is 2.42. The van der Waals surface area contributed by atoms with Crippen molar-refractivity contribution in [2.24, 2.45) is 11.8 Å². The van der Waals surface area contributed by atoms with E-state index in [1.807, 2.05) is 7.05 Å². The van der Waals surface area contributed by atoms with Crippen LogP contribution in [0, 0.1) is 23.5 Å². The Morgan fingerprint density at radius 2 is 1.95 bits per heavy atom. The summed E-state index contributed by atoms with van der Waals surface area (Å²) in [5, 5.41) is 20.2. The molecule has 1 aliphatic carbocycles. The monoisotopic (exact) mass is 572 g/mol. The Morgan fingerprint density at radius 3 is 2.64 bits per heavy atom. The average Bonchev–Trinajstić information content (AvgIpc) is 2.94. The van der Waals surface area contributed by atoms with Gasteiger partial charge in [0.2, 0.25) is 0 Å². The zero-order chi connectivity index (χ0) is 28.4. The molecule has 1 aromatic carbocycles. The Kier molecular flexibility index (Phi) is 12.1. The van der Waals surface area contributed by atoms with Gasteiger partial charge in [0.1, 0.15) is 10.8 Å². The maximum atomic E-state index is 15.2. The molecule has 1 saturated heterocycles. The van der Waals surface area contributed by atoms with E-state index in [9.17, 15) is 19.1 Å². The summed E-state index contributed by atoms with van der Waals surface area (Å²) in [6, 6.07) is 2.04. The van der Waals surface area contributed by atoms with Crippen LogP contribution in [0.2, 0.25) is 5.02 Å². The van der Waals surface area contributed by atoms with Crippen LogP contribution in [0.3, 0.4) is 0 Å². The van der Waals surface area contributed by atoms with Crippen molar-refractivity contribution in [3.05, 3.63) is 34.4 Å². The predicted molar refractivity (Wildman–Crippen MR) is 147 cm³/mol. The minimum Gasteiger partial charge on any atom is -0.453 e. The van der Waals surface area contributed by atoms with E-state index in [1.165, 1.54) is 45.3 Å². The molecular weight excluding hydrogens is 530 g/mol. The Hall–Kier alpha value is -2.17. The second kappa shape index (κ2) is 15.0. The average molecular weight is 573 g/mol. The summed E-state index contributed by atoms with van der Waals surface area (Å²) in [5.41, 5.74) is -1.84. The van der Waals surface area contributed by atoms with Crippen LogP contribution >= 0.6 is 11.6 Å². The molecule has 39 heavy (non-hydrogen) atoms. The standard InChI is InChI=1S/C28H43ClF2N4O4/c1-32-17-21(16-19-8-4-3-5-9-19)34-26(36)35-15-6-10-20(18-35)28(38,13-7-14-33-27(37)39-2)22-11-12-23(30)24(29)25(22)31/h11-12,19-21,32,38H,3-10,13-18H2,1-2H3,(H,33,37)(H,34,36)/t20-,21+,28+/m1/s1. The number of alkyl carbamates (subject to hydrolysis) is 1. The fraction of sp³-hybridized carbons (Fsp3) is 0.714. The minimum atomic E-state index is -1.73. The first kappa shape index (κ1) is 31.4. The molecule has 4 N–H and O–H groups in total. The Bertz CT molecular complexity index is 966. The first-order valence-electron chi connectivity index (χ1n) is 14.1. The normalized spacial score (nSPS) is 20.7. The second-order valence-electron chi connectivity index (χ2n) is 10.9. The molecule has 2 fully saturated rings. The number of aliphatic hydroxyl groups is 1. The molecule has 0 bridgehead atoms. The quantitative estimate of drug-likeness (QED) is 0.223. The van der Waals surface area contributed by atoms with E-state index in [1.54, 1.807) is 4.90 Å². The Balaban J connectivity index is 1.75. The minimum absolute atomic E-state index is 0.0115. The molecule has 3 atom stereocenters. The lowest BCUT2D eigenvalue weighted by Crippen LogP contribution is -2.54. The predicted octanol–water partition coefficient (Wildman–Crippen LogP) is 4.92. The molecule has 1 heterocycles. The summed E-state index contributed by atoms with van der Waals surface area (Å²) in [4.78, 5) is 26.5. The number of nitrogens with zero attached hydrogens (tertiary/aromatic N) is 1. The molecule has 1 aromatic rings. The number of piperidine rings is 1. The van der Waals surface area contributed by atoms with Crippen LogP contribution in [0.4, 0.5) is 18.4 Å². The molecule has 220 valence electrons. The topological polar surface area (TPSA) is 103 Å². The second-order valence-corrected chi connectivity index (χ2v) is 11.3. The zero-order valence-electron chi connectivity index (χ0n) is 23.0. The van der Waals surface area contributed by atoms with E-state index in [-0.39, 0.29) is 37.1 Å². The molecule has 2 aliphatic rings. The van der Waals surface area contributed by atoms with E-state index in [0.29, 0.717) is 38.3 Å². The SMILES string of the molecule is CNC[C@H](CC1CCCCC1)NC(=O)N1CCC[C@@H]([C@@](O)(CCCNC(=O)OC)c2ccc(F)c(Cl)c2F)C1. The lowest BCUT2D eigenvalue weighted by molar-refractivity contribution is -0.0577. The van der Waals surface area contributed by atoms with Gasteiger partial charge < -0.3 is 30.7 Å². The number of methoxy groups -OCH3 is 1. The first-order chi connectivity index (χ1) is 18.7. The van der Waals surface area contributed by atoms with Crippen molar-refractivity contribution in [2.75, 3.05) is 40.3 Å². The molecule has 3 amide bonds. The molecular formula is C28H43ClF2N4O4. The number of benzene rings is 1. The molecule has 1 saturated carbocycles. The number of carbonyl (C=O) groups excluding carboxylic acids is 2. The Morgan fingerprint density at radius 1 is 1.21 bits per heavy atom. The summed E-state index contributed by atoms with van der Waals surface area (Å²) in [6.07, 6.45) is 7.95. The fourth-order valence-corrected chi connectivity index (χ4v) is 6.29. The van der Waals surface area contributed by atoms with Crippen LogP contribution in [-0.2, 0) is 10.3 Å². The number of likely N-dealkylation sites (tertiary alicyclic amines) is 1. The van der Waals surface area contributed by atoms with Gasteiger partial charge in [-0.15, -0.1) is 0 Å². The molecule has 0 radical (unpaired) electrons. The number of amides is 3. The van der Waals surface area contributed by atoms with E-state index in [2.05, 4.69) is 20.7 Å². The van der Waals surface area contributed by atoms with Gasteiger partial charge in [0.15, 0.2) is 5.82 Å². The van der Waals surface area contributed by atoms with Gasteiger partial charge in [-0.05, 0) is 51.1 Å². The smallest absolute Gasteiger partial charge is 0.406 e. The van der Waals surface area contributed by atoms with Crippen LogP contribution < -0.4 is 16.0 Å². The number of likely N-dealkylation sites (N-methyl/N-ethyl adjacent to an activating group) is 1.